The van der Waals surface area contributed by atoms with Crippen LogP contribution < -0.4 is 5.32 Å². The third-order valence-electron chi connectivity index (χ3n) is 3.43. The number of alkyl carbamates (subject to hydrolysis) is 1. The minimum absolute atomic E-state index is 0.195. The molecule has 0 heterocycles. The van der Waals surface area contributed by atoms with Crippen LogP contribution in [0.5, 0.6) is 0 Å². The van der Waals surface area contributed by atoms with E-state index in [1.807, 2.05) is 0 Å². The predicted molar refractivity (Wildman–Crippen MR) is 72.3 cm³/mol. The molecule has 1 fully saturated rings. The lowest BCUT2D eigenvalue weighted by Crippen LogP contribution is -2.46. The molecule has 1 saturated carbocycles. The van der Waals surface area contributed by atoms with Crippen LogP contribution >= 0.6 is 0 Å². The molecule has 1 unspecified atom stereocenters. The van der Waals surface area contributed by atoms with Crippen molar-refractivity contribution in [3.8, 4) is 0 Å². The van der Waals surface area contributed by atoms with Gasteiger partial charge in [-0.15, -0.1) is 0 Å². The molecule has 0 bridgehead atoms. The van der Waals surface area contributed by atoms with E-state index in [0.717, 1.165) is 0 Å². The zero-order chi connectivity index (χ0) is 16.3. The number of carbonyl (C=O) groups is 2. The summed E-state index contributed by atoms with van der Waals surface area (Å²) in [6.07, 6.45) is -1.17. The number of hydrogen-bond donors (Lipinski definition) is 2. The summed E-state index contributed by atoms with van der Waals surface area (Å²) in [5, 5.41) is 11.4. The van der Waals surface area contributed by atoms with E-state index in [2.05, 4.69) is 5.32 Å². The van der Waals surface area contributed by atoms with Gasteiger partial charge in [-0.2, -0.15) is 0 Å². The van der Waals surface area contributed by atoms with E-state index in [1.165, 1.54) is 0 Å². The van der Waals surface area contributed by atoms with E-state index in [0.29, 0.717) is 0 Å². The first kappa shape index (κ1) is 17.7. The zero-order valence-corrected chi connectivity index (χ0v) is 12.6. The number of hydrogen-bond acceptors (Lipinski definition) is 3. The SMILES string of the molecule is CC(C)(C)OC(=O)NC(CC(=O)O)C1CCC(F)(F)CC1. The van der Waals surface area contributed by atoms with Gasteiger partial charge < -0.3 is 15.2 Å². The Kier molecular flexibility index (Phi) is 5.53. The molecule has 1 amide bonds. The highest BCUT2D eigenvalue weighted by Gasteiger charge is 2.38. The summed E-state index contributed by atoms with van der Waals surface area (Å²) in [5.41, 5.74) is -0.697. The van der Waals surface area contributed by atoms with E-state index in [9.17, 15) is 18.4 Å². The number of amides is 1. The van der Waals surface area contributed by atoms with Crippen LogP contribution in [0.15, 0.2) is 0 Å². The number of ether oxygens (including phenoxy) is 1. The maximum absolute atomic E-state index is 13.2. The highest BCUT2D eigenvalue weighted by molar-refractivity contribution is 5.71. The first-order valence-corrected chi connectivity index (χ1v) is 7.08. The lowest BCUT2D eigenvalue weighted by atomic mass is 9.81. The predicted octanol–water partition coefficient (Wildman–Crippen LogP) is 3.18. The van der Waals surface area contributed by atoms with Crippen molar-refractivity contribution < 1.29 is 28.2 Å². The van der Waals surface area contributed by atoms with Crippen molar-refractivity contribution in [2.24, 2.45) is 5.92 Å². The van der Waals surface area contributed by atoms with E-state index < -0.39 is 29.6 Å². The van der Waals surface area contributed by atoms with Gasteiger partial charge in [-0.25, -0.2) is 13.6 Å². The number of rotatable bonds is 4. The van der Waals surface area contributed by atoms with E-state index in [-0.39, 0.29) is 38.0 Å². The summed E-state index contributed by atoms with van der Waals surface area (Å²) in [4.78, 5) is 22.7. The summed E-state index contributed by atoms with van der Waals surface area (Å²) < 4.78 is 31.4. The van der Waals surface area contributed by atoms with Crippen LogP contribution in [-0.2, 0) is 9.53 Å². The summed E-state index contributed by atoms with van der Waals surface area (Å²) >= 11 is 0. The monoisotopic (exact) mass is 307 g/mol. The van der Waals surface area contributed by atoms with Gasteiger partial charge in [0, 0.05) is 18.9 Å². The topological polar surface area (TPSA) is 75.6 Å². The van der Waals surface area contributed by atoms with E-state index in [1.54, 1.807) is 20.8 Å². The molecule has 0 aliphatic heterocycles. The Morgan fingerprint density at radius 1 is 1.33 bits per heavy atom. The molecule has 122 valence electrons. The fourth-order valence-corrected chi connectivity index (χ4v) is 2.45. The van der Waals surface area contributed by atoms with Gasteiger partial charge in [0.1, 0.15) is 5.60 Å². The van der Waals surface area contributed by atoms with Crippen molar-refractivity contribution in [1.29, 1.82) is 0 Å². The van der Waals surface area contributed by atoms with Crippen molar-refractivity contribution >= 4 is 12.1 Å². The van der Waals surface area contributed by atoms with Crippen molar-refractivity contribution in [1.82, 2.24) is 5.32 Å². The molecule has 1 rings (SSSR count). The molecule has 0 aromatic carbocycles. The summed E-state index contributed by atoms with van der Waals surface area (Å²) in [6, 6.07) is -0.687. The standard InChI is InChI=1S/C14H23F2NO4/c1-13(2,3)21-12(20)17-10(8-11(18)19)9-4-6-14(15,16)7-5-9/h9-10H,4-8H2,1-3H3,(H,17,20)(H,18,19). The molecule has 5 nitrogen and oxygen atoms in total. The zero-order valence-electron chi connectivity index (χ0n) is 12.6. The van der Waals surface area contributed by atoms with Gasteiger partial charge in [0.15, 0.2) is 0 Å². The second-order valence-corrected chi connectivity index (χ2v) is 6.54. The Morgan fingerprint density at radius 3 is 2.29 bits per heavy atom. The molecule has 0 saturated heterocycles. The summed E-state index contributed by atoms with van der Waals surface area (Å²) in [6.45, 7) is 5.08. The van der Waals surface area contributed by atoms with Gasteiger partial charge in [0.25, 0.3) is 0 Å². The fourth-order valence-electron chi connectivity index (χ4n) is 2.45. The van der Waals surface area contributed by atoms with Crippen LogP contribution in [0, 0.1) is 5.92 Å². The second-order valence-electron chi connectivity index (χ2n) is 6.54. The molecule has 0 aromatic heterocycles. The largest absolute Gasteiger partial charge is 0.481 e. The smallest absolute Gasteiger partial charge is 0.407 e. The van der Waals surface area contributed by atoms with Crippen LogP contribution in [0.2, 0.25) is 0 Å². The van der Waals surface area contributed by atoms with Crippen molar-refractivity contribution in [2.75, 3.05) is 0 Å². The Labute approximate surface area is 123 Å². The Balaban J connectivity index is 2.64. The maximum atomic E-state index is 13.2. The molecule has 0 aromatic rings. The number of halogens is 2. The molecule has 1 aliphatic rings. The maximum Gasteiger partial charge on any atom is 0.407 e. The van der Waals surface area contributed by atoms with Gasteiger partial charge in [-0.1, -0.05) is 0 Å². The van der Waals surface area contributed by atoms with Gasteiger partial charge in [-0.05, 0) is 39.5 Å². The van der Waals surface area contributed by atoms with Crippen LogP contribution in [0.1, 0.15) is 52.9 Å². The van der Waals surface area contributed by atoms with E-state index >= 15 is 0 Å². The fraction of sp³-hybridized carbons (Fsp3) is 0.857. The first-order chi connectivity index (χ1) is 9.48. The number of carboxylic acid groups (broad SMARTS) is 1. The molecule has 0 spiro atoms. The average molecular weight is 307 g/mol. The number of carbonyl (C=O) groups excluding carboxylic acids is 1. The van der Waals surface area contributed by atoms with Crippen LogP contribution in [0.3, 0.4) is 0 Å². The number of aliphatic carboxylic acids is 1. The third kappa shape index (κ3) is 6.73. The Hall–Kier alpha value is -1.40. The van der Waals surface area contributed by atoms with Gasteiger partial charge >= 0.3 is 12.1 Å². The third-order valence-corrected chi connectivity index (χ3v) is 3.43. The molecule has 1 aliphatic carbocycles. The van der Waals surface area contributed by atoms with Gasteiger partial charge in [-0.3, -0.25) is 4.79 Å². The highest BCUT2D eigenvalue weighted by Crippen LogP contribution is 2.38. The first-order valence-electron chi connectivity index (χ1n) is 7.08. The summed E-state index contributed by atoms with van der Waals surface area (Å²) in [5.74, 6) is -4.03. The Bertz CT molecular complexity index is 383. The Morgan fingerprint density at radius 2 is 1.86 bits per heavy atom. The summed E-state index contributed by atoms with van der Waals surface area (Å²) in [7, 11) is 0. The van der Waals surface area contributed by atoms with Crippen molar-refractivity contribution in [2.45, 2.75) is 70.4 Å². The second kappa shape index (κ2) is 6.58. The van der Waals surface area contributed by atoms with E-state index in [4.69, 9.17) is 9.84 Å². The van der Waals surface area contributed by atoms with Crippen molar-refractivity contribution in [3.05, 3.63) is 0 Å². The number of alkyl halides is 2. The molecular formula is C14H23F2NO4. The quantitative estimate of drug-likeness (QED) is 0.836. The van der Waals surface area contributed by atoms with Crippen LogP contribution in [0.4, 0.5) is 13.6 Å². The lowest BCUT2D eigenvalue weighted by molar-refractivity contribution is -0.138. The number of nitrogens with one attached hydrogen (secondary N) is 1. The molecule has 1 atom stereocenters. The number of carboxylic acids is 1. The molecule has 7 heteroatoms. The van der Waals surface area contributed by atoms with Crippen LogP contribution in [-0.4, -0.2) is 34.7 Å². The lowest BCUT2D eigenvalue weighted by Gasteiger charge is -2.33. The average Bonchev–Trinajstić information content (AvgIpc) is 2.24. The highest BCUT2D eigenvalue weighted by atomic mass is 19.3. The molecular weight excluding hydrogens is 284 g/mol. The molecule has 21 heavy (non-hydrogen) atoms. The molecule has 2 N–H and O–H groups in total. The van der Waals surface area contributed by atoms with Gasteiger partial charge in [0.2, 0.25) is 5.92 Å². The van der Waals surface area contributed by atoms with Crippen molar-refractivity contribution in [3.63, 3.8) is 0 Å². The minimum Gasteiger partial charge on any atom is -0.481 e. The van der Waals surface area contributed by atoms with Gasteiger partial charge in [0.05, 0.1) is 6.42 Å². The van der Waals surface area contributed by atoms with Crippen LogP contribution in [0.25, 0.3) is 0 Å². The normalized spacial score (nSPS) is 20.6. The minimum atomic E-state index is -2.68. The molecule has 0 radical (unpaired) electrons.